The lowest BCUT2D eigenvalue weighted by Gasteiger charge is -2.20. The summed E-state index contributed by atoms with van der Waals surface area (Å²) in [7, 11) is 0. The maximum atomic E-state index is 9.77. The molecular weight excluding hydrogens is 184 g/mol. The van der Waals surface area contributed by atoms with E-state index in [1.54, 1.807) is 13.8 Å². The summed E-state index contributed by atoms with van der Waals surface area (Å²) < 4.78 is 0. The Morgan fingerprint density at radius 3 is 2.33 bits per heavy atom. The molecule has 0 unspecified atom stereocenters. The van der Waals surface area contributed by atoms with E-state index < -0.39 is 5.60 Å². The molecule has 0 bridgehead atoms. The van der Waals surface area contributed by atoms with Gasteiger partial charge in [-0.2, -0.15) is 0 Å². The van der Waals surface area contributed by atoms with E-state index in [2.05, 4.69) is 38.6 Å². The Labute approximate surface area is 92.5 Å². The molecule has 1 rings (SSSR count). The van der Waals surface area contributed by atoms with Crippen LogP contribution in [-0.4, -0.2) is 10.7 Å². The highest BCUT2D eigenvalue weighted by molar-refractivity contribution is 5.33. The zero-order valence-electron chi connectivity index (χ0n) is 10.1. The van der Waals surface area contributed by atoms with Gasteiger partial charge in [0.2, 0.25) is 0 Å². The molecule has 0 heterocycles. The number of rotatable bonds is 3. The number of benzene rings is 1. The summed E-state index contributed by atoms with van der Waals surface area (Å²) in [6.07, 6.45) is 0.741. The fraction of sp³-hybridized carbons (Fsp3) is 0.429. The molecule has 1 nitrogen and oxygen atoms in total. The van der Waals surface area contributed by atoms with Crippen molar-refractivity contribution in [1.82, 2.24) is 0 Å². The summed E-state index contributed by atoms with van der Waals surface area (Å²) in [5.74, 6) is 0. The topological polar surface area (TPSA) is 20.2 Å². The third kappa shape index (κ3) is 3.21. The van der Waals surface area contributed by atoms with Gasteiger partial charge < -0.3 is 5.11 Å². The van der Waals surface area contributed by atoms with Gasteiger partial charge in [0.1, 0.15) is 0 Å². The van der Waals surface area contributed by atoms with Crippen molar-refractivity contribution in [2.45, 2.75) is 39.7 Å². The Hall–Kier alpha value is -1.08. The van der Waals surface area contributed by atoms with Gasteiger partial charge in [0.25, 0.3) is 0 Å². The Bertz CT molecular complexity index is 369. The number of hydrogen-bond acceptors (Lipinski definition) is 1. The van der Waals surface area contributed by atoms with Crippen molar-refractivity contribution in [1.29, 1.82) is 0 Å². The summed E-state index contributed by atoms with van der Waals surface area (Å²) in [6, 6.07) is 6.37. The summed E-state index contributed by atoms with van der Waals surface area (Å²) in [4.78, 5) is 0. The molecule has 0 radical (unpaired) electrons. The smallest absolute Gasteiger partial charge is 0.0801 e. The van der Waals surface area contributed by atoms with E-state index in [1.165, 1.54) is 16.7 Å². The van der Waals surface area contributed by atoms with Crippen LogP contribution in [0, 0.1) is 13.8 Å². The lowest BCUT2D eigenvalue weighted by Crippen LogP contribution is -2.22. The van der Waals surface area contributed by atoms with Gasteiger partial charge in [-0.05, 0) is 56.4 Å². The first-order chi connectivity index (χ1) is 6.80. The van der Waals surface area contributed by atoms with Gasteiger partial charge in [0.05, 0.1) is 5.60 Å². The van der Waals surface area contributed by atoms with Gasteiger partial charge in [-0.15, -0.1) is 0 Å². The quantitative estimate of drug-likeness (QED) is 0.750. The number of aliphatic hydroxyl groups is 1. The first kappa shape index (κ1) is 12.0. The molecule has 1 heteroatoms. The third-order valence-corrected chi connectivity index (χ3v) is 2.85. The van der Waals surface area contributed by atoms with Crippen molar-refractivity contribution in [2.75, 3.05) is 0 Å². The molecule has 0 saturated carbocycles. The second kappa shape index (κ2) is 4.19. The average Bonchev–Trinajstić information content (AvgIpc) is 2.10. The summed E-state index contributed by atoms with van der Waals surface area (Å²) in [5.41, 5.74) is 3.86. The first-order valence-corrected chi connectivity index (χ1v) is 5.27. The molecule has 1 aromatic rings. The second-order valence-electron chi connectivity index (χ2n) is 4.76. The van der Waals surface area contributed by atoms with Crippen molar-refractivity contribution in [3.05, 3.63) is 47.0 Å². The van der Waals surface area contributed by atoms with Crippen LogP contribution in [0.5, 0.6) is 0 Å². The van der Waals surface area contributed by atoms with Gasteiger partial charge in [0.15, 0.2) is 0 Å². The number of aryl methyl sites for hydroxylation is 2. The van der Waals surface area contributed by atoms with Crippen molar-refractivity contribution < 1.29 is 5.11 Å². The van der Waals surface area contributed by atoms with E-state index in [0.717, 1.165) is 12.0 Å². The Morgan fingerprint density at radius 2 is 1.87 bits per heavy atom. The average molecular weight is 204 g/mol. The highest BCUT2D eigenvalue weighted by Crippen LogP contribution is 2.20. The van der Waals surface area contributed by atoms with Gasteiger partial charge >= 0.3 is 0 Å². The van der Waals surface area contributed by atoms with Gasteiger partial charge in [-0.1, -0.05) is 24.8 Å². The lowest BCUT2D eigenvalue weighted by molar-refractivity contribution is 0.118. The maximum Gasteiger partial charge on any atom is 0.0801 e. The van der Waals surface area contributed by atoms with E-state index in [9.17, 15) is 5.11 Å². The van der Waals surface area contributed by atoms with E-state index in [-0.39, 0.29) is 0 Å². The van der Waals surface area contributed by atoms with Crippen LogP contribution in [0.15, 0.2) is 30.4 Å². The van der Waals surface area contributed by atoms with Crippen LogP contribution >= 0.6 is 0 Å². The molecule has 0 spiro atoms. The molecule has 82 valence electrons. The molecule has 1 aromatic carbocycles. The molecular formula is C14H20O. The van der Waals surface area contributed by atoms with Gasteiger partial charge in [-0.3, -0.25) is 0 Å². The summed E-state index contributed by atoms with van der Waals surface area (Å²) >= 11 is 0. The predicted molar refractivity (Wildman–Crippen MR) is 65.1 cm³/mol. The monoisotopic (exact) mass is 204 g/mol. The fourth-order valence-electron chi connectivity index (χ4n) is 1.38. The van der Waals surface area contributed by atoms with E-state index in [1.807, 2.05) is 0 Å². The molecule has 0 aliphatic heterocycles. The molecule has 0 aliphatic carbocycles. The van der Waals surface area contributed by atoms with Crippen LogP contribution in [0.3, 0.4) is 0 Å². The van der Waals surface area contributed by atoms with Crippen molar-refractivity contribution >= 4 is 0 Å². The van der Waals surface area contributed by atoms with Crippen LogP contribution in [0.1, 0.15) is 30.5 Å². The normalized spacial score (nSPS) is 11.5. The summed E-state index contributed by atoms with van der Waals surface area (Å²) in [5, 5.41) is 9.77. The van der Waals surface area contributed by atoms with Crippen molar-refractivity contribution in [3.8, 4) is 0 Å². The molecule has 0 amide bonds. The minimum atomic E-state index is -0.793. The Kier molecular flexibility index (Phi) is 3.35. The molecule has 1 N–H and O–H groups in total. The molecule has 0 atom stereocenters. The Balaban J connectivity index is 2.83. The molecule has 0 aromatic heterocycles. The molecule has 0 fully saturated rings. The van der Waals surface area contributed by atoms with Gasteiger partial charge in [0, 0.05) is 0 Å². The minimum Gasteiger partial charge on any atom is -0.386 e. The highest BCUT2D eigenvalue weighted by Gasteiger charge is 2.17. The maximum absolute atomic E-state index is 9.77. The van der Waals surface area contributed by atoms with Crippen LogP contribution < -0.4 is 0 Å². The van der Waals surface area contributed by atoms with Crippen LogP contribution in [0.25, 0.3) is 0 Å². The minimum absolute atomic E-state index is 0.741. The predicted octanol–water partition coefficient (Wildman–Crippen LogP) is 3.17. The molecule has 0 aliphatic rings. The second-order valence-corrected chi connectivity index (χ2v) is 4.76. The van der Waals surface area contributed by atoms with Crippen LogP contribution in [0.4, 0.5) is 0 Å². The Morgan fingerprint density at radius 1 is 1.27 bits per heavy atom. The van der Waals surface area contributed by atoms with Crippen LogP contribution in [0.2, 0.25) is 0 Å². The first-order valence-electron chi connectivity index (χ1n) is 5.27. The van der Waals surface area contributed by atoms with E-state index in [4.69, 9.17) is 0 Å². The fourth-order valence-corrected chi connectivity index (χ4v) is 1.38. The van der Waals surface area contributed by atoms with E-state index >= 15 is 0 Å². The summed E-state index contributed by atoms with van der Waals surface area (Å²) in [6.45, 7) is 11.7. The van der Waals surface area contributed by atoms with E-state index in [0.29, 0.717) is 0 Å². The van der Waals surface area contributed by atoms with Crippen molar-refractivity contribution in [2.24, 2.45) is 0 Å². The number of hydrogen-bond donors (Lipinski definition) is 1. The molecule has 15 heavy (non-hydrogen) atoms. The largest absolute Gasteiger partial charge is 0.386 e. The highest BCUT2D eigenvalue weighted by atomic mass is 16.3. The molecule has 0 saturated heterocycles. The SMILES string of the molecule is C=C(Cc1ccc(C)c(C)c1)C(C)(C)O. The van der Waals surface area contributed by atoms with Crippen LogP contribution in [-0.2, 0) is 6.42 Å². The zero-order valence-corrected chi connectivity index (χ0v) is 10.1. The standard InChI is InChI=1S/C14H20O/c1-10-6-7-13(8-11(10)2)9-12(3)14(4,5)15/h6-8,15H,3,9H2,1-2,4-5H3. The zero-order chi connectivity index (χ0) is 11.6. The lowest BCUT2D eigenvalue weighted by atomic mass is 9.92. The van der Waals surface area contributed by atoms with Crippen molar-refractivity contribution in [3.63, 3.8) is 0 Å². The third-order valence-electron chi connectivity index (χ3n) is 2.85. The van der Waals surface area contributed by atoms with Gasteiger partial charge in [-0.25, -0.2) is 0 Å².